The maximum atomic E-state index is 12.1. The number of furan rings is 1. The van der Waals surface area contributed by atoms with Gasteiger partial charge in [0.25, 0.3) is 15.9 Å². The number of amides is 1. The summed E-state index contributed by atoms with van der Waals surface area (Å²) in [6, 6.07) is 10.5. The van der Waals surface area contributed by atoms with Crippen LogP contribution in [0, 0.1) is 6.92 Å². The van der Waals surface area contributed by atoms with Crippen molar-refractivity contribution in [3.63, 3.8) is 0 Å². The van der Waals surface area contributed by atoms with Crippen molar-refractivity contribution in [2.75, 3.05) is 6.54 Å². The molecule has 0 aliphatic carbocycles. The van der Waals surface area contributed by atoms with Gasteiger partial charge in [-0.15, -0.1) is 0 Å². The summed E-state index contributed by atoms with van der Waals surface area (Å²) in [4.78, 5) is 12.1. The van der Waals surface area contributed by atoms with Crippen molar-refractivity contribution < 1.29 is 17.6 Å². The number of sulfonamides is 1. The van der Waals surface area contributed by atoms with Gasteiger partial charge in [-0.3, -0.25) is 4.79 Å². The molecule has 0 spiro atoms. The van der Waals surface area contributed by atoms with E-state index in [1.807, 2.05) is 39.0 Å². The average molecular weight is 336 g/mol. The highest BCUT2D eigenvalue weighted by Crippen LogP contribution is 2.23. The zero-order valence-corrected chi connectivity index (χ0v) is 14.1. The minimum Gasteiger partial charge on any atom is -0.438 e. The van der Waals surface area contributed by atoms with E-state index in [1.165, 1.54) is 6.07 Å². The molecule has 2 aromatic rings. The molecule has 0 aliphatic heterocycles. The molecule has 0 fully saturated rings. The van der Waals surface area contributed by atoms with E-state index in [2.05, 4.69) is 11.4 Å². The van der Waals surface area contributed by atoms with Gasteiger partial charge >= 0.3 is 0 Å². The summed E-state index contributed by atoms with van der Waals surface area (Å²) in [5.41, 5.74) is 1.96. The third kappa shape index (κ3) is 4.20. The van der Waals surface area contributed by atoms with Gasteiger partial charge in [0, 0.05) is 12.0 Å². The lowest BCUT2D eigenvalue weighted by molar-refractivity contribution is 0.0912. The van der Waals surface area contributed by atoms with Crippen molar-refractivity contribution in [3.8, 4) is 0 Å². The second-order valence-electron chi connectivity index (χ2n) is 6.10. The molecule has 1 aromatic carbocycles. The molecule has 0 aliphatic rings. The zero-order chi connectivity index (χ0) is 17.3. The molecule has 7 heteroatoms. The van der Waals surface area contributed by atoms with Crippen LogP contribution in [0.5, 0.6) is 0 Å². The Bertz CT molecular complexity index is 822. The lowest BCUT2D eigenvalue weighted by atomic mass is 9.84. The number of benzene rings is 1. The van der Waals surface area contributed by atoms with E-state index in [1.54, 1.807) is 0 Å². The third-order valence-electron chi connectivity index (χ3n) is 3.58. The van der Waals surface area contributed by atoms with Crippen molar-refractivity contribution in [2.45, 2.75) is 31.3 Å². The highest BCUT2D eigenvalue weighted by molar-refractivity contribution is 7.89. The summed E-state index contributed by atoms with van der Waals surface area (Å²) in [5.74, 6) is -0.574. The molecule has 0 bridgehead atoms. The fraction of sp³-hybridized carbons (Fsp3) is 0.312. The summed E-state index contributed by atoms with van der Waals surface area (Å²) in [6.45, 7) is 6.41. The van der Waals surface area contributed by atoms with E-state index in [0.29, 0.717) is 6.54 Å². The van der Waals surface area contributed by atoms with E-state index < -0.39 is 21.0 Å². The number of primary sulfonamides is 1. The van der Waals surface area contributed by atoms with E-state index in [-0.39, 0.29) is 11.2 Å². The average Bonchev–Trinajstić information content (AvgIpc) is 2.95. The molecule has 1 aromatic heterocycles. The van der Waals surface area contributed by atoms with Crippen molar-refractivity contribution in [1.82, 2.24) is 5.32 Å². The van der Waals surface area contributed by atoms with Crippen LogP contribution in [0.2, 0.25) is 0 Å². The first-order valence-electron chi connectivity index (χ1n) is 7.07. The Morgan fingerprint density at radius 2 is 1.96 bits per heavy atom. The van der Waals surface area contributed by atoms with Crippen LogP contribution in [0.3, 0.4) is 0 Å². The Hall–Kier alpha value is -2.12. The standard InChI is InChI=1S/C16H20N2O4S/c1-11-5-4-6-12(9-11)16(2,3)10-18-15(19)13-7-8-14(22-13)23(17,20)21/h4-9H,10H2,1-3H3,(H,18,19)(H2,17,20,21). The van der Waals surface area contributed by atoms with Gasteiger partial charge in [0.15, 0.2) is 5.76 Å². The largest absolute Gasteiger partial charge is 0.438 e. The number of hydrogen-bond donors (Lipinski definition) is 2. The summed E-state index contributed by atoms with van der Waals surface area (Å²) < 4.78 is 27.3. The van der Waals surface area contributed by atoms with Crippen molar-refractivity contribution in [3.05, 3.63) is 53.3 Å². The van der Waals surface area contributed by atoms with Crippen LogP contribution in [-0.2, 0) is 15.4 Å². The first-order valence-corrected chi connectivity index (χ1v) is 8.62. The highest BCUT2D eigenvalue weighted by Gasteiger charge is 2.23. The van der Waals surface area contributed by atoms with Gasteiger partial charge in [0.2, 0.25) is 5.09 Å². The summed E-state index contributed by atoms with van der Waals surface area (Å²) in [7, 11) is -3.95. The van der Waals surface area contributed by atoms with Gasteiger partial charge in [0.05, 0.1) is 0 Å². The fourth-order valence-corrected chi connectivity index (χ4v) is 2.62. The van der Waals surface area contributed by atoms with Crippen LogP contribution < -0.4 is 10.5 Å². The summed E-state index contributed by atoms with van der Waals surface area (Å²) >= 11 is 0. The number of nitrogens with two attached hydrogens (primary N) is 1. The summed E-state index contributed by atoms with van der Waals surface area (Å²) in [6.07, 6.45) is 0. The van der Waals surface area contributed by atoms with Crippen LogP contribution in [0.15, 0.2) is 45.9 Å². The monoisotopic (exact) mass is 336 g/mol. The molecule has 1 heterocycles. The van der Waals surface area contributed by atoms with E-state index in [4.69, 9.17) is 9.56 Å². The van der Waals surface area contributed by atoms with E-state index in [0.717, 1.165) is 17.2 Å². The molecule has 23 heavy (non-hydrogen) atoms. The van der Waals surface area contributed by atoms with Gasteiger partial charge in [-0.1, -0.05) is 43.7 Å². The lowest BCUT2D eigenvalue weighted by Gasteiger charge is -2.25. The molecule has 0 radical (unpaired) electrons. The Morgan fingerprint density at radius 3 is 2.52 bits per heavy atom. The van der Waals surface area contributed by atoms with E-state index >= 15 is 0 Å². The predicted octanol–water partition coefficient (Wildman–Crippen LogP) is 1.94. The number of carbonyl (C=O) groups excluding carboxylic acids is 1. The van der Waals surface area contributed by atoms with Crippen LogP contribution in [0.4, 0.5) is 0 Å². The van der Waals surface area contributed by atoms with Crippen molar-refractivity contribution in [1.29, 1.82) is 0 Å². The molecule has 0 saturated carbocycles. The number of nitrogens with one attached hydrogen (secondary N) is 1. The van der Waals surface area contributed by atoms with Crippen LogP contribution in [-0.4, -0.2) is 20.9 Å². The first-order chi connectivity index (χ1) is 10.6. The van der Waals surface area contributed by atoms with Gasteiger partial charge in [-0.25, -0.2) is 13.6 Å². The van der Waals surface area contributed by atoms with Crippen molar-refractivity contribution >= 4 is 15.9 Å². The quantitative estimate of drug-likeness (QED) is 0.871. The zero-order valence-electron chi connectivity index (χ0n) is 13.3. The molecule has 0 atom stereocenters. The topological polar surface area (TPSA) is 102 Å². The predicted molar refractivity (Wildman–Crippen MR) is 86.6 cm³/mol. The van der Waals surface area contributed by atoms with Crippen LogP contribution in [0.1, 0.15) is 35.5 Å². The van der Waals surface area contributed by atoms with E-state index in [9.17, 15) is 13.2 Å². The number of aryl methyl sites for hydroxylation is 1. The van der Waals surface area contributed by atoms with Gasteiger partial charge < -0.3 is 9.73 Å². The molecule has 6 nitrogen and oxygen atoms in total. The molecule has 1 amide bonds. The highest BCUT2D eigenvalue weighted by atomic mass is 32.2. The molecule has 0 saturated heterocycles. The van der Waals surface area contributed by atoms with Crippen LogP contribution >= 0.6 is 0 Å². The smallest absolute Gasteiger partial charge is 0.287 e. The molecular weight excluding hydrogens is 316 g/mol. The third-order valence-corrected chi connectivity index (χ3v) is 4.36. The Balaban J connectivity index is 2.08. The summed E-state index contributed by atoms with van der Waals surface area (Å²) in [5, 5.41) is 7.27. The van der Waals surface area contributed by atoms with Crippen LogP contribution in [0.25, 0.3) is 0 Å². The van der Waals surface area contributed by atoms with Gasteiger partial charge in [-0.05, 0) is 24.6 Å². The fourth-order valence-electron chi connectivity index (χ4n) is 2.15. The Morgan fingerprint density at radius 1 is 1.26 bits per heavy atom. The maximum absolute atomic E-state index is 12.1. The lowest BCUT2D eigenvalue weighted by Crippen LogP contribution is -2.36. The normalized spacial score (nSPS) is 12.2. The Labute approximate surface area is 135 Å². The molecule has 3 N–H and O–H groups in total. The molecule has 124 valence electrons. The second kappa shape index (κ2) is 6.17. The number of rotatable bonds is 5. The SMILES string of the molecule is Cc1cccc(C(C)(C)CNC(=O)c2ccc(S(N)(=O)=O)o2)c1. The number of carbonyl (C=O) groups is 1. The molecule has 2 rings (SSSR count). The second-order valence-corrected chi connectivity index (χ2v) is 7.59. The first kappa shape index (κ1) is 17.2. The Kier molecular flexibility index (Phi) is 4.63. The maximum Gasteiger partial charge on any atom is 0.287 e. The number of hydrogen-bond acceptors (Lipinski definition) is 4. The van der Waals surface area contributed by atoms with Gasteiger partial charge in [-0.2, -0.15) is 0 Å². The minimum absolute atomic E-state index is 0.0888. The van der Waals surface area contributed by atoms with Gasteiger partial charge in [0.1, 0.15) is 0 Å². The van der Waals surface area contributed by atoms with Crippen molar-refractivity contribution in [2.24, 2.45) is 5.14 Å². The minimum atomic E-state index is -3.95. The molecular formula is C16H20N2O4S. The molecule has 0 unspecified atom stereocenters.